The first-order chi connectivity index (χ1) is 9.97. The third-order valence-electron chi connectivity index (χ3n) is 3.06. The van der Waals surface area contributed by atoms with E-state index in [1.54, 1.807) is 12.1 Å². The first-order valence-electron chi connectivity index (χ1n) is 6.47. The minimum Gasteiger partial charge on any atom is -0.348 e. The van der Waals surface area contributed by atoms with E-state index in [1.807, 2.05) is 25.1 Å². The van der Waals surface area contributed by atoms with Crippen LogP contribution in [-0.2, 0) is 6.54 Å². The summed E-state index contributed by atoms with van der Waals surface area (Å²) in [6, 6.07) is 8.74. The summed E-state index contributed by atoms with van der Waals surface area (Å²) < 4.78 is 0. The third-order valence-corrected chi connectivity index (χ3v) is 3.49. The summed E-state index contributed by atoms with van der Waals surface area (Å²) in [4.78, 5) is 27.1. The number of Topliss-reactive ketones (excluding diaryl/α,β-unsaturated/α-hetero) is 1. The quantitative estimate of drug-likeness (QED) is 0.883. The van der Waals surface area contributed by atoms with Crippen molar-refractivity contribution in [3.63, 3.8) is 0 Å². The smallest absolute Gasteiger partial charge is 0.253 e. The molecule has 0 saturated carbocycles. The summed E-state index contributed by atoms with van der Waals surface area (Å²) in [5.74, 6) is -0.358. The van der Waals surface area contributed by atoms with Crippen LogP contribution in [0.4, 0.5) is 0 Å². The predicted octanol–water partition coefficient (Wildman–Crippen LogP) is 3.18. The highest BCUT2D eigenvalue weighted by Gasteiger charge is 2.08. The molecule has 5 heteroatoms. The molecule has 0 aliphatic rings. The summed E-state index contributed by atoms with van der Waals surface area (Å²) >= 11 is 5.96. The molecule has 0 spiro atoms. The monoisotopic (exact) mass is 302 g/mol. The molecular weight excluding hydrogens is 288 g/mol. The highest BCUT2D eigenvalue weighted by molar-refractivity contribution is 6.31. The molecule has 1 N–H and O–H groups in total. The number of halogens is 1. The molecule has 2 aromatic rings. The molecule has 108 valence electrons. The van der Waals surface area contributed by atoms with Gasteiger partial charge in [-0.1, -0.05) is 23.7 Å². The molecule has 0 fully saturated rings. The van der Waals surface area contributed by atoms with Gasteiger partial charge in [0.25, 0.3) is 5.91 Å². The summed E-state index contributed by atoms with van der Waals surface area (Å²) in [5.41, 5.74) is 2.71. The van der Waals surface area contributed by atoms with E-state index in [0.29, 0.717) is 22.8 Å². The molecule has 0 atom stereocenters. The lowest BCUT2D eigenvalue weighted by molar-refractivity contribution is 0.0947. The first-order valence-corrected chi connectivity index (χ1v) is 6.85. The molecule has 1 heterocycles. The molecule has 2 rings (SSSR count). The van der Waals surface area contributed by atoms with E-state index >= 15 is 0 Å². The Hall–Kier alpha value is -2.20. The molecule has 21 heavy (non-hydrogen) atoms. The van der Waals surface area contributed by atoms with Gasteiger partial charge in [-0.3, -0.25) is 14.6 Å². The molecular formula is C16H15ClN2O2. The Morgan fingerprint density at radius 2 is 2.00 bits per heavy atom. The number of carbonyl (C=O) groups excluding carboxylic acids is 2. The number of ketones is 1. The number of nitrogens with one attached hydrogen (secondary N) is 1. The van der Waals surface area contributed by atoms with E-state index in [9.17, 15) is 9.59 Å². The van der Waals surface area contributed by atoms with Gasteiger partial charge in [-0.05, 0) is 36.2 Å². The summed E-state index contributed by atoms with van der Waals surface area (Å²) in [6.07, 6.45) is 1.40. The molecule has 4 nitrogen and oxygen atoms in total. The molecule has 1 aromatic heterocycles. The Morgan fingerprint density at radius 1 is 1.24 bits per heavy atom. The van der Waals surface area contributed by atoms with Crippen LogP contribution >= 0.6 is 11.6 Å². The number of hydrogen-bond donors (Lipinski definition) is 1. The number of amides is 1. The van der Waals surface area contributed by atoms with Crippen LogP contribution in [0, 0.1) is 6.92 Å². The SMILES string of the molecule is CC(=O)c1ccc(C(=O)NCc2ccc(Cl)c(C)c2)cn1. The third kappa shape index (κ3) is 3.89. The lowest BCUT2D eigenvalue weighted by Gasteiger charge is -2.07. The lowest BCUT2D eigenvalue weighted by atomic mass is 10.1. The van der Waals surface area contributed by atoms with Gasteiger partial charge in [0.1, 0.15) is 5.69 Å². The zero-order valence-corrected chi connectivity index (χ0v) is 12.6. The van der Waals surface area contributed by atoms with Crippen LogP contribution in [0.15, 0.2) is 36.5 Å². The zero-order valence-electron chi connectivity index (χ0n) is 11.8. The molecule has 0 radical (unpaired) electrons. The van der Waals surface area contributed by atoms with Crippen molar-refractivity contribution in [2.75, 3.05) is 0 Å². The van der Waals surface area contributed by atoms with Crippen molar-refractivity contribution in [2.24, 2.45) is 0 Å². The molecule has 0 bridgehead atoms. The Morgan fingerprint density at radius 3 is 2.57 bits per heavy atom. The van der Waals surface area contributed by atoms with Crippen LogP contribution in [0.25, 0.3) is 0 Å². The van der Waals surface area contributed by atoms with Crippen molar-refractivity contribution in [3.05, 3.63) is 63.9 Å². The van der Waals surface area contributed by atoms with Crippen molar-refractivity contribution in [3.8, 4) is 0 Å². The minimum absolute atomic E-state index is 0.126. The van der Waals surface area contributed by atoms with E-state index < -0.39 is 0 Å². The van der Waals surface area contributed by atoms with Crippen LogP contribution in [0.2, 0.25) is 5.02 Å². The Kier molecular flexibility index (Phi) is 4.70. The van der Waals surface area contributed by atoms with Gasteiger partial charge in [0, 0.05) is 24.7 Å². The summed E-state index contributed by atoms with van der Waals surface area (Å²) in [5, 5.41) is 3.51. The van der Waals surface area contributed by atoms with Gasteiger partial charge in [0.15, 0.2) is 5.78 Å². The molecule has 1 amide bonds. The molecule has 0 aliphatic carbocycles. The fraction of sp³-hybridized carbons (Fsp3) is 0.188. The number of hydrogen-bond acceptors (Lipinski definition) is 3. The van der Waals surface area contributed by atoms with E-state index in [4.69, 9.17) is 11.6 Å². The topological polar surface area (TPSA) is 59.1 Å². The molecule has 0 saturated heterocycles. The maximum atomic E-state index is 12.0. The van der Waals surface area contributed by atoms with Crippen LogP contribution in [0.5, 0.6) is 0 Å². The van der Waals surface area contributed by atoms with Crippen LogP contribution in [0.1, 0.15) is 38.9 Å². The number of aromatic nitrogens is 1. The molecule has 1 aromatic carbocycles. The first kappa shape index (κ1) is 15.2. The van der Waals surface area contributed by atoms with Crippen molar-refractivity contribution in [1.29, 1.82) is 0 Å². The molecule has 0 aliphatic heterocycles. The Balaban J connectivity index is 2.01. The number of rotatable bonds is 4. The largest absolute Gasteiger partial charge is 0.348 e. The maximum absolute atomic E-state index is 12.0. The standard InChI is InChI=1S/C16H15ClN2O2/c1-10-7-12(3-5-14(10)17)8-19-16(21)13-4-6-15(11(2)20)18-9-13/h3-7,9H,8H2,1-2H3,(H,19,21). The highest BCUT2D eigenvalue weighted by atomic mass is 35.5. The average molecular weight is 303 g/mol. The van der Waals surface area contributed by atoms with Gasteiger partial charge >= 0.3 is 0 Å². The van der Waals surface area contributed by atoms with Crippen LogP contribution in [0.3, 0.4) is 0 Å². The number of pyridine rings is 1. The van der Waals surface area contributed by atoms with Crippen molar-refractivity contribution < 1.29 is 9.59 Å². The van der Waals surface area contributed by atoms with E-state index in [2.05, 4.69) is 10.3 Å². The average Bonchev–Trinajstić information content (AvgIpc) is 2.48. The second-order valence-electron chi connectivity index (χ2n) is 4.75. The fourth-order valence-corrected chi connectivity index (χ4v) is 1.96. The number of benzene rings is 1. The van der Waals surface area contributed by atoms with Crippen LogP contribution in [-0.4, -0.2) is 16.7 Å². The van der Waals surface area contributed by atoms with Gasteiger partial charge in [-0.25, -0.2) is 0 Å². The van der Waals surface area contributed by atoms with Gasteiger partial charge in [0.05, 0.1) is 5.56 Å². The second-order valence-corrected chi connectivity index (χ2v) is 5.16. The van der Waals surface area contributed by atoms with Crippen molar-refractivity contribution in [2.45, 2.75) is 20.4 Å². The minimum atomic E-state index is -0.231. The number of nitrogens with zero attached hydrogens (tertiary/aromatic N) is 1. The van der Waals surface area contributed by atoms with Crippen molar-refractivity contribution in [1.82, 2.24) is 10.3 Å². The second kappa shape index (κ2) is 6.50. The Labute approximate surface area is 128 Å². The van der Waals surface area contributed by atoms with Gasteiger partial charge < -0.3 is 5.32 Å². The van der Waals surface area contributed by atoms with E-state index in [1.165, 1.54) is 13.1 Å². The summed E-state index contributed by atoms with van der Waals surface area (Å²) in [6.45, 7) is 3.76. The summed E-state index contributed by atoms with van der Waals surface area (Å²) in [7, 11) is 0. The lowest BCUT2D eigenvalue weighted by Crippen LogP contribution is -2.23. The molecule has 0 unspecified atom stereocenters. The number of aryl methyl sites for hydroxylation is 1. The van der Waals surface area contributed by atoms with Crippen LogP contribution < -0.4 is 5.32 Å². The Bertz CT molecular complexity index is 681. The maximum Gasteiger partial charge on any atom is 0.253 e. The predicted molar refractivity (Wildman–Crippen MR) is 81.6 cm³/mol. The zero-order chi connectivity index (χ0) is 15.4. The van der Waals surface area contributed by atoms with Gasteiger partial charge in [-0.2, -0.15) is 0 Å². The van der Waals surface area contributed by atoms with Gasteiger partial charge in [0.2, 0.25) is 0 Å². The van der Waals surface area contributed by atoms with E-state index in [-0.39, 0.29) is 11.7 Å². The number of carbonyl (C=O) groups is 2. The highest BCUT2D eigenvalue weighted by Crippen LogP contribution is 2.16. The van der Waals surface area contributed by atoms with E-state index in [0.717, 1.165) is 11.1 Å². The fourth-order valence-electron chi connectivity index (χ4n) is 1.84. The van der Waals surface area contributed by atoms with Crippen molar-refractivity contribution >= 4 is 23.3 Å². The van der Waals surface area contributed by atoms with Gasteiger partial charge in [-0.15, -0.1) is 0 Å². The normalized spacial score (nSPS) is 10.2.